The molecule has 26 heavy (non-hydrogen) atoms. The third kappa shape index (κ3) is 3.02. The molecule has 0 saturated heterocycles. The first-order valence-electron chi connectivity index (χ1n) is 7.85. The standard InChI is InChI=1S/C19H12ClN3O3/c20-14-8-6-12-7-9-15(22-18(12)21-14)23-16(24)10-11-17(23)26-19(25)13-4-2-1-3-5-13/h1-9,11H,10H2. The molecule has 7 heteroatoms. The summed E-state index contributed by atoms with van der Waals surface area (Å²) >= 11 is 5.91. The van der Waals surface area contributed by atoms with Gasteiger partial charge in [0, 0.05) is 5.39 Å². The van der Waals surface area contributed by atoms with Crippen molar-refractivity contribution in [3.63, 3.8) is 0 Å². The van der Waals surface area contributed by atoms with Gasteiger partial charge in [-0.1, -0.05) is 29.8 Å². The van der Waals surface area contributed by atoms with Crippen molar-refractivity contribution in [2.45, 2.75) is 6.42 Å². The minimum atomic E-state index is -0.543. The lowest BCUT2D eigenvalue weighted by Gasteiger charge is -2.19. The average molecular weight is 366 g/mol. The van der Waals surface area contributed by atoms with Crippen LogP contribution < -0.4 is 4.90 Å². The first-order chi connectivity index (χ1) is 12.6. The molecule has 0 bridgehead atoms. The van der Waals surface area contributed by atoms with Gasteiger partial charge in [-0.3, -0.25) is 4.79 Å². The Hall–Kier alpha value is -3.25. The van der Waals surface area contributed by atoms with Crippen molar-refractivity contribution in [1.82, 2.24) is 9.97 Å². The molecular weight excluding hydrogens is 354 g/mol. The van der Waals surface area contributed by atoms with Crippen molar-refractivity contribution in [1.29, 1.82) is 0 Å². The van der Waals surface area contributed by atoms with Crippen molar-refractivity contribution in [3.8, 4) is 0 Å². The number of rotatable bonds is 3. The van der Waals surface area contributed by atoms with Gasteiger partial charge in [0.1, 0.15) is 11.0 Å². The maximum Gasteiger partial charge on any atom is 0.344 e. The second-order valence-corrected chi connectivity index (χ2v) is 5.97. The zero-order valence-corrected chi connectivity index (χ0v) is 14.2. The van der Waals surface area contributed by atoms with E-state index < -0.39 is 5.97 Å². The van der Waals surface area contributed by atoms with E-state index in [1.165, 1.54) is 4.90 Å². The number of hydrogen-bond donors (Lipinski definition) is 0. The van der Waals surface area contributed by atoms with E-state index in [4.69, 9.17) is 16.3 Å². The predicted octanol–water partition coefficient (Wildman–Crippen LogP) is 3.72. The molecule has 128 valence electrons. The monoisotopic (exact) mass is 365 g/mol. The van der Waals surface area contributed by atoms with Crippen LogP contribution in [0.25, 0.3) is 11.0 Å². The lowest BCUT2D eigenvalue weighted by atomic mass is 10.2. The van der Waals surface area contributed by atoms with Gasteiger partial charge in [0.2, 0.25) is 11.8 Å². The molecule has 4 rings (SSSR count). The highest BCUT2D eigenvalue weighted by Crippen LogP contribution is 2.27. The van der Waals surface area contributed by atoms with Gasteiger partial charge in [-0.2, -0.15) is 0 Å². The number of pyridine rings is 2. The summed E-state index contributed by atoms with van der Waals surface area (Å²) in [4.78, 5) is 34.4. The first-order valence-corrected chi connectivity index (χ1v) is 8.23. The normalized spacial score (nSPS) is 13.8. The van der Waals surface area contributed by atoms with E-state index in [1.807, 2.05) is 0 Å². The van der Waals surface area contributed by atoms with Gasteiger partial charge in [-0.05, 0) is 42.5 Å². The number of ether oxygens (including phenoxy) is 1. The average Bonchev–Trinajstić information content (AvgIpc) is 3.02. The maximum atomic E-state index is 12.3. The number of amides is 1. The Morgan fingerprint density at radius 3 is 2.62 bits per heavy atom. The van der Waals surface area contributed by atoms with Crippen LogP contribution in [0.1, 0.15) is 16.8 Å². The number of halogens is 1. The van der Waals surface area contributed by atoms with E-state index in [0.717, 1.165) is 5.39 Å². The molecule has 0 N–H and O–H groups in total. The summed E-state index contributed by atoms with van der Waals surface area (Å²) in [5.41, 5.74) is 0.802. The lowest BCUT2D eigenvalue weighted by molar-refractivity contribution is -0.117. The minimum absolute atomic E-state index is 0.125. The van der Waals surface area contributed by atoms with Crippen molar-refractivity contribution >= 4 is 40.3 Å². The Labute approximate surface area is 153 Å². The van der Waals surface area contributed by atoms with E-state index in [1.54, 1.807) is 60.7 Å². The molecule has 1 aromatic carbocycles. The van der Waals surface area contributed by atoms with Crippen LogP contribution in [0.2, 0.25) is 5.15 Å². The number of aromatic nitrogens is 2. The zero-order chi connectivity index (χ0) is 18.1. The molecule has 0 fully saturated rings. The van der Waals surface area contributed by atoms with E-state index in [0.29, 0.717) is 22.2 Å². The molecule has 0 spiro atoms. The van der Waals surface area contributed by atoms with Gasteiger partial charge in [-0.25, -0.2) is 19.7 Å². The minimum Gasteiger partial charge on any atom is -0.406 e. The predicted molar refractivity (Wildman–Crippen MR) is 96.6 cm³/mol. The fourth-order valence-corrected chi connectivity index (χ4v) is 2.77. The van der Waals surface area contributed by atoms with E-state index in [2.05, 4.69) is 9.97 Å². The van der Waals surface area contributed by atoms with Crippen molar-refractivity contribution in [3.05, 3.63) is 77.3 Å². The summed E-state index contributed by atoms with van der Waals surface area (Å²) in [5, 5.41) is 1.10. The van der Waals surface area contributed by atoms with Crippen LogP contribution in [0.5, 0.6) is 0 Å². The van der Waals surface area contributed by atoms with Gasteiger partial charge in [0.05, 0.1) is 12.0 Å². The van der Waals surface area contributed by atoms with Crippen LogP contribution in [0.3, 0.4) is 0 Å². The Morgan fingerprint density at radius 1 is 1.04 bits per heavy atom. The Morgan fingerprint density at radius 2 is 1.81 bits per heavy atom. The van der Waals surface area contributed by atoms with Crippen LogP contribution in [0.15, 0.2) is 66.6 Å². The van der Waals surface area contributed by atoms with Crippen LogP contribution in [-0.4, -0.2) is 21.8 Å². The van der Waals surface area contributed by atoms with Crippen molar-refractivity contribution in [2.75, 3.05) is 4.90 Å². The SMILES string of the molecule is O=C(OC1=CCC(=O)N1c1ccc2ccc(Cl)nc2n1)c1ccccc1. The van der Waals surface area contributed by atoms with Crippen molar-refractivity contribution in [2.24, 2.45) is 0 Å². The number of anilines is 1. The van der Waals surface area contributed by atoms with Crippen molar-refractivity contribution < 1.29 is 14.3 Å². The highest BCUT2D eigenvalue weighted by atomic mass is 35.5. The fraction of sp³-hybridized carbons (Fsp3) is 0.0526. The summed E-state index contributed by atoms with van der Waals surface area (Å²) in [6.45, 7) is 0. The molecular formula is C19H12ClN3O3. The number of fused-ring (bicyclic) bond motifs is 1. The molecule has 0 saturated carbocycles. The summed E-state index contributed by atoms with van der Waals surface area (Å²) in [5.74, 6) is -0.326. The maximum absolute atomic E-state index is 12.3. The zero-order valence-electron chi connectivity index (χ0n) is 13.4. The number of carbonyl (C=O) groups is 2. The highest BCUT2D eigenvalue weighted by molar-refractivity contribution is 6.29. The molecule has 0 radical (unpaired) electrons. The topological polar surface area (TPSA) is 72.4 Å². The van der Waals surface area contributed by atoms with E-state index in [-0.39, 0.29) is 18.2 Å². The Balaban J connectivity index is 1.65. The molecule has 6 nitrogen and oxygen atoms in total. The quantitative estimate of drug-likeness (QED) is 0.522. The largest absolute Gasteiger partial charge is 0.406 e. The smallest absolute Gasteiger partial charge is 0.344 e. The van der Waals surface area contributed by atoms with Gasteiger partial charge >= 0.3 is 5.97 Å². The number of hydrogen-bond acceptors (Lipinski definition) is 5. The second kappa shape index (κ2) is 6.57. The fourth-order valence-electron chi connectivity index (χ4n) is 2.63. The summed E-state index contributed by atoms with van der Waals surface area (Å²) < 4.78 is 5.41. The van der Waals surface area contributed by atoms with E-state index in [9.17, 15) is 9.59 Å². The first kappa shape index (κ1) is 16.2. The molecule has 1 aliphatic heterocycles. The van der Waals surface area contributed by atoms with Crippen LogP contribution >= 0.6 is 11.6 Å². The van der Waals surface area contributed by atoms with Gasteiger partial charge < -0.3 is 4.74 Å². The Kier molecular flexibility index (Phi) is 4.10. The lowest BCUT2D eigenvalue weighted by Crippen LogP contribution is -2.28. The second-order valence-electron chi connectivity index (χ2n) is 5.58. The van der Waals surface area contributed by atoms with Gasteiger partial charge in [0.15, 0.2) is 5.65 Å². The van der Waals surface area contributed by atoms with Gasteiger partial charge in [-0.15, -0.1) is 0 Å². The Bertz CT molecular complexity index is 1050. The summed E-state index contributed by atoms with van der Waals surface area (Å²) in [6, 6.07) is 15.5. The summed E-state index contributed by atoms with van der Waals surface area (Å²) in [7, 11) is 0. The molecule has 0 aliphatic carbocycles. The molecule has 0 unspecified atom stereocenters. The molecule has 0 atom stereocenters. The molecule has 1 aliphatic rings. The van der Waals surface area contributed by atoms with Crippen LogP contribution in [0, 0.1) is 0 Å². The third-order valence-electron chi connectivity index (χ3n) is 3.86. The highest BCUT2D eigenvalue weighted by Gasteiger charge is 2.30. The number of benzene rings is 1. The van der Waals surface area contributed by atoms with Crippen LogP contribution in [0.4, 0.5) is 5.82 Å². The van der Waals surface area contributed by atoms with Crippen LogP contribution in [-0.2, 0) is 9.53 Å². The summed E-state index contributed by atoms with van der Waals surface area (Å²) in [6.07, 6.45) is 1.68. The number of esters is 1. The number of nitrogens with zero attached hydrogens (tertiary/aromatic N) is 3. The molecule has 2 aromatic heterocycles. The van der Waals surface area contributed by atoms with E-state index >= 15 is 0 Å². The van der Waals surface area contributed by atoms with Gasteiger partial charge in [0.25, 0.3) is 0 Å². The third-order valence-corrected chi connectivity index (χ3v) is 4.07. The molecule has 3 heterocycles. The molecule has 1 amide bonds. The molecule has 3 aromatic rings. The number of carbonyl (C=O) groups excluding carboxylic acids is 2.